The summed E-state index contributed by atoms with van der Waals surface area (Å²) in [6.45, 7) is 1.80. The molecule has 0 bridgehead atoms. The zero-order valence-corrected chi connectivity index (χ0v) is 14.4. The highest BCUT2D eigenvalue weighted by atomic mass is 16.2. The molecule has 1 saturated heterocycles. The van der Waals surface area contributed by atoms with E-state index in [1.54, 1.807) is 6.33 Å². The number of benzene rings is 1. The normalized spacial score (nSPS) is 15.6. The summed E-state index contributed by atoms with van der Waals surface area (Å²) >= 11 is 0. The zero-order chi connectivity index (χ0) is 16.8. The Morgan fingerprint density at radius 1 is 1.17 bits per heavy atom. The molecule has 128 valence electrons. The fourth-order valence-corrected chi connectivity index (χ4v) is 3.40. The van der Waals surface area contributed by atoms with E-state index in [9.17, 15) is 4.79 Å². The summed E-state index contributed by atoms with van der Waals surface area (Å²) in [5.41, 5.74) is 1.42. The van der Waals surface area contributed by atoms with Crippen LogP contribution in [-0.4, -0.2) is 38.7 Å². The number of aryl methyl sites for hydroxylation is 3. The van der Waals surface area contributed by atoms with Gasteiger partial charge in [-0.3, -0.25) is 4.79 Å². The molecular weight excluding hydrogens is 300 g/mol. The minimum atomic E-state index is 0.250. The van der Waals surface area contributed by atoms with E-state index >= 15 is 0 Å². The number of rotatable bonds is 6. The lowest BCUT2D eigenvalue weighted by Crippen LogP contribution is -2.38. The first kappa shape index (κ1) is 16.7. The van der Waals surface area contributed by atoms with Crippen LogP contribution in [-0.2, 0) is 24.7 Å². The molecule has 5 heteroatoms. The van der Waals surface area contributed by atoms with E-state index in [2.05, 4.69) is 40.5 Å². The number of amides is 1. The number of hydrogen-bond donors (Lipinski definition) is 0. The van der Waals surface area contributed by atoms with Crippen LogP contribution in [0.25, 0.3) is 0 Å². The third kappa shape index (κ3) is 4.43. The first-order valence-corrected chi connectivity index (χ1v) is 8.87. The number of nitrogens with zero attached hydrogens (tertiary/aromatic N) is 4. The Hall–Kier alpha value is -2.17. The molecule has 0 aliphatic carbocycles. The number of piperidine rings is 1. The molecule has 1 fully saturated rings. The third-order valence-electron chi connectivity index (χ3n) is 5.02. The van der Waals surface area contributed by atoms with E-state index in [0.717, 1.165) is 44.1 Å². The zero-order valence-electron chi connectivity index (χ0n) is 14.4. The van der Waals surface area contributed by atoms with Crippen molar-refractivity contribution in [3.8, 4) is 0 Å². The summed E-state index contributed by atoms with van der Waals surface area (Å²) in [5, 5.41) is 7.90. The second-order valence-electron chi connectivity index (χ2n) is 6.71. The summed E-state index contributed by atoms with van der Waals surface area (Å²) in [6.07, 6.45) is 7.50. The third-order valence-corrected chi connectivity index (χ3v) is 5.02. The summed E-state index contributed by atoms with van der Waals surface area (Å²) in [4.78, 5) is 14.4. The average molecular weight is 326 g/mol. The maximum atomic E-state index is 12.4. The Balaban J connectivity index is 1.38. The second-order valence-corrected chi connectivity index (χ2v) is 6.71. The van der Waals surface area contributed by atoms with E-state index in [4.69, 9.17) is 0 Å². The number of carbonyl (C=O) groups excluding carboxylic acids is 1. The first-order chi connectivity index (χ1) is 11.7. The van der Waals surface area contributed by atoms with Crippen LogP contribution >= 0.6 is 0 Å². The van der Waals surface area contributed by atoms with E-state index in [1.165, 1.54) is 12.0 Å². The van der Waals surface area contributed by atoms with E-state index in [1.807, 2.05) is 16.5 Å². The van der Waals surface area contributed by atoms with Crippen molar-refractivity contribution in [1.82, 2.24) is 19.7 Å². The molecule has 2 aromatic rings. The molecule has 0 unspecified atom stereocenters. The van der Waals surface area contributed by atoms with Gasteiger partial charge in [0.25, 0.3) is 0 Å². The largest absolute Gasteiger partial charge is 0.343 e. The number of hydrogen-bond acceptors (Lipinski definition) is 3. The fourth-order valence-electron chi connectivity index (χ4n) is 3.40. The maximum absolute atomic E-state index is 12.4. The number of likely N-dealkylation sites (tertiary alicyclic amines) is 1. The predicted molar refractivity (Wildman–Crippen MR) is 93.4 cm³/mol. The molecular formula is C19H26N4O. The summed E-state index contributed by atoms with van der Waals surface area (Å²) < 4.78 is 1.88. The molecule has 0 saturated carbocycles. The Bertz CT molecular complexity index is 644. The van der Waals surface area contributed by atoms with E-state index in [-0.39, 0.29) is 5.91 Å². The molecule has 1 aliphatic heterocycles. The van der Waals surface area contributed by atoms with Gasteiger partial charge in [0.1, 0.15) is 12.2 Å². The molecule has 0 spiro atoms. The SMILES string of the molecule is Cn1cnnc1CCC(=O)N1CCC(CCc2ccccc2)CC1. The van der Waals surface area contributed by atoms with E-state index < -0.39 is 0 Å². The van der Waals surface area contributed by atoms with Crippen LogP contribution in [0.2, 0.25) is 0 Å². The van der Waals surface area contributed by atoms with Gasteiger partial charge in [0.2, 0.25) is 5.91 Å². The minimum absolute atomic E-state index is 0.250. The molecule has 24 heavy (non-hydrogen) atoms. The van der Waals surface area contributed by atoms with Gasteiger partial charge in [-0.05, 0) is 37.2 Å². The number of carbonyl (C=O) groups is 1. The van der Waals surface area contributed by atoms with Crippen LogP contribution in [0.4, 0.5) is 0 Å². The molecule has 1 amide bonds. The molecule has 3 rings (SSSR count). The van der Waals surface area contributed by atoms with Gasteiger partial charge in [-0.15, -0.1) is 10.2 Å². The van der Waals surface area contributed by atoms with Crippen molar-refractivity contribution in [1.29, 1.82) is 0 Å². The Morgan fingerprint density at radius 2 is 1.92 bits per heavy atom. The van der Waals surface area contributed by atoms with Gasteiger partial charge in [-0.2, -0.15) is 0 Å². The second kappa shape index (κ2) is 8.08. The van der Waals surface area contributed by atoms with Gasteiger partial charge in [0.05, 0.1) is 0 Å². The summed E-state index contributed by atoms with van der Waals surface area (Å²) in [6, 6.07) is 10.7. The monoisotopic (exact) mass is 326 g/mol. The maximum Gasteiger partial charge on any atom is 0.223 e. The Labute approximate surface area is 143 Å². The van der Waals surface area contributed by atoms with Crippen molar-refractivity contribution in [2.24, 2.45) is 13.0 Å². The standard InChI is InChI=1S/C19H26N4O/c1-22-15-20-21-18(22)9-10-19(24)23-13-11-17(12-14-23)8-7-16-5-3-2-4-6-16/h2-6,15,17H,7-14H2,1H3. The molecule has 0 N–H and O–H groups in total. The average Bonchev–Trinajstić information content (AvgIpc) is 3.04. The predicted octanol–water partition coefficient (Wildman–Crippen LogP) is 2.62. The molecule has 0 radical (unpaired) electrons. The van der Waals surface area contributed by atoms with Crippen molar-refractivity contribution in [3.63, 3.8) is 0 Å². The highest BCUT2D eigenvalue weighted by molar-refractivity contribution is 5.76. The molecule has 1 aromatic carbocycles. The van der Waals surface area contributed by atoms with Crippen molar-refractivity contribution in [3.05, 3.63) is 48.0 Å². The highest BCUT2D eigenvalue weighted by Gasteiger charge is 2.22. The lowest BCUT2D eigenvalue weighted by Gasteiger charge is -2.32. The van der Waals surface area contributed by atoms with Crippen LogP contribution in [0.5, 0.6) is 0 Å². The van der Waals surface area contributed by atoms with Crippen LogP contribution in [0.3, 0.4) is 0 Å². The smallest absolute Gasteiger partial charge is 0.223 e. The quantitative estimate of drug-likeness (QED) is 0.820. The molecule has 0 atom stereocenters. The van der Waals surface area contributed by atoms with Gasteiger partial charge in [0, 0.05) is 33.0 Å². The molecule has 5 nitrogen and oxygen atoms in total. The van der Waals surface area contributed by atoms with E-state index in [0.29, 0.717) is 12.8 Å². The highest BCUT2D eigenvalue weighted by Crippen LogP contribution is 2.23. The van der Waals surface area contributed by atoms with Crippen LogP contribution < -0.4 is 0 Å². The lowest BCUT2D eigenvalue weighted by atomic mass is 9.90. The Kier molecular flexibility index (Phi) is 5.62. The number of aromatic nitrogens is 3. The lowest BCUT2D eigenvalue weighted by molar-refractivity contribution is -0.132. The van der Waals surface area contributed by atoms with Crippen molar-refractivity contribution in [2.75, 3.05) is 13.1 Å². The first-order valence-electron chi connectivity index (χ1n) is 8.87. The Morgan fingerprint density at radius 3 is 2.58 bits per heavy atom. The van der Waals surface area contributed by atoms with Crippen LogP contribution in [0, 0.1) is 5.92 Å². The molecule has 1 aliphatic rings. The fraction of sp³-hybridized carbons (Fsp3) is 0.526. The summed E-state index contributed by atoms with van der Waals surface area (Å²) in [5.74, 6) is 1.87. The summed E-state index contributed by atoms with van der Waals surface area (Å²) in [7, 11) is 1.91. The van der Waals surface area contributed by atoms with Gasteiger partial charge < -0.3 is 9.47 Å². The van der Waals surface area contributed by atoms with Crippen molar-refractivity contribution < 1.29 is 4.79 Å². The van der Waals surface area contributed by atoms with Crippen LogP contribution in [0.1, 0.15) is 37.1 Å². The van der Waals surface area contributed by atoms with Gasteiger partial charge >= 0.3 is 0 Å². The van der Waals surface area contributed by atoms with Crippen LogP contribution in [0.15, 0.2) is 36.7 Å². The van der Waals surface area contributed by atoms with Gasteiger partial charge in [-0.1, -0.05) is 30.3 Å². The molecule has 1 aromatic heterocycles. The van der Waals surface area contributed by atoms with Crippen molar-refractivity contribution >= 4 is 5.91 Å². The minimum Gasteiger partial charge on any atom is -0.343 e. The van der Waals surface area contributed by atoms with Crippen molar-refractivity contribution in [2.45, 2.75) is 38.5 Å². The van der Waals surface area contributed by atoms with Gasteiger partial charge in [0.15, 0.2) is 0 Å². The van der Waals surface area contributed by atoms with Gasteiger partial charge in [-0.25, -0.2) is 0 Å². The molecule has 2 heterocycles. The topological polar surface area (TPSA) is 51.0 Å².